The second-order valence-corrected chi connectivity index (χ2v) is 8.44. The Morgan fingerprint density at radius 3 is 2.88 bits per heavy atom. The normalized spacial score (nSPS) is 22.0. The third kappa shape index (κ3) is 2.44. The maximum Gasteiger partial charge on any atom is 0.230 e. The van der Waals surface area contributed by atoms with Gasteiger partial charge in [0.05, 0.1) is 5.39 Å². The molecule has 2 aliphatic rings. The molecule has 1 aliphatic heterocycles. The maximum absolute atomic E-state index is 5.07. The van der Waals surface area contributed by atoms with Crippen molar-refractivity contribution in [2.75, 3.05) is 37.6 Å². The van der Waals surface area contributed by atoms with Crippen molar-refractivity contribution in [3.05, 3.63) is 16.8 Å². The number of aromatic nitrogens is 4. The Labute approximate surface area is 151 Å². The molecule has 7 heteroatoms. The molecule has 4 heterocycles. The topological polar surface area (TPSA) is 49.6 Å². The van der Waals surface area contributed by atoms with Crippen molar-refractivity contribution >= 4 is 33.1 Å². The van der Waals surface area contributed by atoms with Gasteiger partial charge in [-0.15, -0.1) is 11.3 Å². The van der Waals surface area contributed by atoms with E-state index in [0.29, 0.717) is 0 Å². The van der Waals surface area contributed by atoms with Crippen molar-refractivity contribution in [1.82, 2.24) is 24.5 Å². The Kier molecular flexibility index (Phi) is 3.67. The van der Waals surface area contributed by atoms with Gasteiger partial charge >= 0.3 is 0 Å². The monoisotopic (exact) mass is 356 g/mol. The average molecular weight is 356 g/mol. The molecule has 0 saturated carbocycles. The molecular weight excluding hydrogens is 332 g/mol. The molecule has 1 atom stereocenters. The van der Waals surface area contributed by atoms with E-state index in [0.717, 1.165) is 61.5 Å². The maximum atomic E-state index is 5.07. The van der Waals surface area contributed by atoms with Crippen LogP contribution in [0.2, 0.25) is 0 Å². The number of fused-ring (bicyclic) bond motifs is 5. The highest BCUT2D eigenvalue weighted by Crippen LogP contribution is 2.39. The summed E-state index contributed by atoms with van der Waals surface area (Å²) < 4.78 is 1.97. The number of nitrogens with zero attached hydrogens (tertiary/aromatic N) is 6. The fraction of sp³-hybridized carbons (Fsp3) is 0.611. The molecule has 1 fully saturated rings. The first-order valence-corrected chi connectivity index (χ1v) is 10.2. The molecule has 0 N–H and O–H groups in total. The Balaban J connectivity index is 1.64. The molecule has 25 heavy (non-hydrogen) atoms. The molecule has 0 amide bonds. The summed E-state index contributed by atoms with van der Waals surface area (Å²) in [4.78, 5) is 17.2. The molecular formula is C18H24N6S. The lowest BCUT2D eigenvalue weighted by Crippen LogP contribution is -2.47. The Hall–Kier alpha value is -1.73. The number of hydrogen-bond donors (Lipinski definition) is 0. The first-order valence-electron chi connectivity index (χ1n) is 9.36. The van der Waals surface area contributed by atoms with Crippen LogP contribution in [-0.2, 0) is 12.8 Å². The lowest BCUT2D eigenvalue weighted by Gasteiger charge is -2.34. The molecule has 132 valence electrons. The van der Waals surface area contributed by atoms with E-state index in [1.165, 1.54) is 28.7 Å². The van der Waals surface area contributed by atoms with Crippen molar-refractivity contribution in [2.45, 2.75) is 33.1 Å². The van der Waals surface area contributed by atoms with Crippen LogP contribution >= 0.6 is 11.3 Å². The SMILES string of the molecule is CCN1CCN(c2nc3sc4c(c3c3ncnn23)C[C@@H](C)CC4)CC1. The molecule has 0 radical (unpaired) electrons. The van der Waals surface area contributed by atoms with Crippen molar-refractivity contribution in [2.24, 2.45) is 5.92 Å². The van der Waals surface area contributed by atoms with E-state index < -0.39 is 0 Å². The predicted molar refractivity (Wildman–Crippen MR) is 102 cm³/mol. The molecule has 0 spiro atoms. The van der Waals surface area contributed by atoms with E-state index in [1.54, 1.807) is 6.33 Å². The minimum atomic E-state index is 0.745. The molecule has 1 aliphatic carbocycles. The number of thiophene rings is 1. The van der Waals surface area contributed by atoms with Crippen LogP contribution < -0.4 is 4.90 Å². The summed E-state index contributed by atoms with van der Waals surface area (Å²) in [6, 6.07) is 0. The Morgan fingerprint density at radius 2 is 2.08 bits per heavy atom. The number of hydrogen-bond acceptors (Lipinski definition) is 6. The molecule has 0 aromatic carbocycles. The van der Waals surface area contributed by atoms with Gasteiger partial charge in [-0.25, -0.2) is 9.97 Å². The number of aryl methyl sites for hydroxylation is 1. The quantitative estimate of drug-likeness (QED) is 0.706. The van der Waals surface area contributed by atoms with Gasteiger partial charge in [0.25, 0.3) is 0 Å². The zero-order valence-electron chi connectivity index (χ0n) is 14.9. The molecule has 6 nitrogen and oxygen atoms in total. The van der Waals surface area contributed by atoms with Gasteiger partial charge in [0.2, 0.25) is 5.95 Å². The molecule has 3 aromatic rings. The fourth-order valence-electron chi connectivity index (χ4n) is 4.22. The lowest BCUT2D eigenvalue weighted by molar-refractivity contribution is 0.269. The predicted octanol–water partition coefficient (Wildman–Crippen LogP) is 2.61. The van der Waals surface area contributed by atoms with Gasteiger partial charge in [-0.2, -0.15) is 9.61 Å². The third-order valence-corrected chi connectivity index (χ3v) is 6.94. The Bertz CT molecular complexity index is 921. The van der Waals surface area contributed by atoms with Crippen molar-refractivity contribution in [3.8, 4) is 0 Å². The molecule has 1 saturated heterocycles. The Morgan fingerprint density at radius 1 is 1.24 bits per heavy atom. The average Bonchev–Trinajstić information content (AvgIpc) is 3.24. The highest BCUT2D eigenvalue weighted by atomic mass is 32.1. The lowest BCUT2D eigenvalue weighted by atomic mass is 9.89. The summed E-state index contributed by atoms with van der Waals surface area (Å²) in [7, 11) is 0. The largest absolute Gasteiger partial charge is 0.338 e. The summed E-state index contributed by atoms with van der Waals surface area (Å²) in [5.41, 5.74) is 2.47. The van der Waals surface area contributed by atoms with Gasteiger partial charge < -0.3 is 9.80 Å². The standard InChI is InChI=1S/C18H24N6S/c1-3-22-6-8-23(9-7-22)18-21-17-15(16-19-11-20-24(16)18)13-10-12(2)4-5-14(13)25-17/h11-12H,3-10H2,1-2H3/t12-/m0/s1. The van der Waals surface area contributed by atoms with Crippen molar-refractivity contribution < 1.29 is 0 Å². The van der Waals surface area contributed by atoms with Crippen LogP contribution in [0, 0.1) is 5.92 Å². The van der Waals surface area contributed by atoms with E-state index in [9.17, 15) is 0 Å². The smallest absolute Gasteiger partial charge is 0.230 e. The van der Waals surface area contributed by atoms with Gasteiger partial charge in [-0.05, 0) is 37.3 Å². The van der Waals surface area contributed by atoms with Crippen molar-refractivity contribution in [3.63, 3.8) is 0 Å². The van der Waals surface area contributed by atoms with Crippen LogP contribution in [0.5, 0.6) is 0 Å². The van der Waals surface area contributed by atoms with E-state index in [1.807, 2.05) is 15.9 Å². The van der Waals surface area contributed by atoms with Crippen molar-refractivity contribution in [1.29, 1.82) is 0 Å². The second-order valence-electron chi connectivity index (χ2n) is 7.36. The van der Waals surface area contributed by atoms with Crippen LogP contribution in [0.1, 0.15) is 30.7 Å². The highest BCUT2D eigenvalue weighted by Gasteiger charge is 2.26. The van der Waals surface area contributed by atoms with Gasteiger partial charge in [-0.3, -0.25) is 0 Å². The summed E-state index contributed by atoms with van der Waals surface area (Å²) in [6.45, 7) is 9.88. The second kappa shape index (κ2) is 5.92. The van der Waals surface area contributed by atoms with E-state index >= 15 is 0 Å². The highest BCUT2D eigenvalue weighted by molar-refractivity contribution is 7.19. The van der Waals surface area contributed by atoms with Crippen LogP contribution in [0.4, 0.5) is 5.95 Å². The van der Waals surface area contributed by atoms with Gasteiger partial charge in [0, 0.05) is 31.1 Å². The number of piperazine rings is 1. The van der Waals surface area contributed by atoms with E-state index in [-0.39, 0.29) is 0 Å². The molecule has 5 rings (SSSR count). The van der Waals surface area contributed by atoms with Crippen LogP contribution in [0.25, 0.3) is 15.9 Å². The number of anilines is 1. The molecule has 3 aromatic heterocycles. The van der Waals surface area contributed by atoms with E-state index in [2.05, 4.69) is 33.7 Å². The summed E-state index contributed by atoms with van der Waals surface area (Å²) in [5, 5.41) is 5.77. The first kappa shape index (κ1) is 15.5. The van der Waals surface area contributed by atoms with Gasteiger partial charge in [-0.1, -0.05) is 13.8 Å². The molecule has 0 bridgehead atoms. The molecule has 0 unspecified atom stereocenters. The van der Waals surface area contributed by atoms with Crippen LogP contribution in [-0.4, -0.2) is 57.2 Å². The van der Waals surface area contributed by atoms with Crippen LogP contribution in [0.15, 0.2) is 6.33 Å². The minimum Gasteiger partial charge on any atom is -0.338 e. The summed E-state index contributed by atoms with van der Waals surface area (Å²) >= 11 is 1.87. The van der Waals surface area contributed by atoms with Gasteiger partial charge in [0.1, 0.15) is 11.2 Å². The summed E-state index contributed by atoms with van der Waals surface area (Å²) in [6.07, 6.45) is 5.30. The zero-order chi connectivity index (χ0) is 17.0. The first-order chi connectivity index (χ1) is 12.2. The number of rotatable bonds is 2. The minimum absolute atomic E-state index is 0.745. The van der Waals surface area contributed by atoms with E-state index in [4.69, 9.17) is 4.98 Å². The zero-order valence-corrected chi connectivity index (χ0v) is 15.7. The summed E-state index contributed by atoms with van der Waals surface area (Å²) in [5.74, 6) is 1.71. The third-order valence-electron chi connectivity index (χ3n) is 5.75. The number of likely N-dealkylation sites (N-methyl/N-ethyl adjacent to an activating group) is 1. The van der Waals surface area contributed by atoms with Gasteiger partial charge in [0.15, 0.2) is 5.65 Å². The van der Waals surface area contributed by atoms with Crippen LogP contribution in [0.3, 0.4) is 0 Å². The fourth-order valence-corrected chi connectivity index (χ4v) is 5.42.